The molecule has 0 aromatic carbocycles. The minimum absolute atomic E-state index is 0.0287. The Bertz CT molecular complexity index is 293. The van der Waals surface area contributed by atoms with Crippen LogP contribution in [-0.2, 0) is 9.59 Å². The van der Waals surface area contributed by atoms with Crippen molar-refractivity contribution >= 4 is 11.8 Å². The Balaban J connectivity index is 2.09. The number of nitrogens with one attached hydrogen (secondary N) is 1. The van der Waals surface area contributed by atoms with Crippen molar-refractivity contribution in [3.63, 3.8) is 0 Å². The van der Waals surface area contributed by atoms with E-state index in [1.165, 1.54) is 0 Å². The van der Waals surface area contributed by atoms with E-state index in [-0.39, 0.29) is 23.8 Å². The molecule has 2 amide bonds. The van der Waals surface area contributed by atoms with Gasteiger partial charge >= 0.3 is 0 Å². The first-order valence-electron chi connectivity index (χ1n) is 5.99. The summed E-state index contributed by atoms with van der Waals surface area (Å²) in [6, 6.07) is -0.0287. The van der Waals surface area contributed by atoms with Gasteiger partial charge in [-0.15, -0.1) is 0 Å². The number of piperidine rings is 2. The second-order valence-electron chi connectivity index (χ2n) is 4.61. The molecule has 2 fully saturated rings. The molecular formula is C11H19N3O2. The van der Waals surface area contributed by atoms with E-state index < -0.39 is 0 Å². The average molecular weight is 225 g/mol. The van der Waals surface area contributed by atoms with Gasteiger partial charge in [0, 0.05) is 19.5 Å². The van der Waals surface area contributed by atoms with Crippen molar-refractivity contribution in [3.8, 4) is 0 Å². The fourth-order valence-electron chi connectivity index (χ4n) is 2.68. The second kappa shape index (κ2) is 4.82. The predicted octanol–water partition coefficient (Wildman–Crippen LogP) is -0.538. The van der Waals surface area contributed by atoms with E-state index in [0.29, 0.717) is 13.0 Å². The predicted molar refractivity (Wildman–Crippen MR) is 59.5 cm³/mol. The van der Waals surface area contributed by atoms with Gasteiger partial charge in [0.05, 0.1) is 12.0 Å². The van der Waals surface area contributed by atoms with Crippen LogP contribution in [0.2, 0.25) is 0 Å². The van der Waals surface area contributed by atoms with Crippen LogP contribution in [0.3, 0.4) is 0 Å². The van der Waals surface area contributed by atoms with Gasteiger partial charge in [0.1, 0.15) is 0 Å². The van der Waals surface area contributed by atoms with Crippen molar-refractivity contribution in [1.82, 2.24) is 10.2 Å². The lowest BCUT2D eigenvalue weighted by molar-refractivity contribution is -0.139. The molecule has 2 aliphatic rings. The maximum Gasteiger partial charge on any atom is 0.222 e. The Labute approximate surface area is 95.3 Å². The lowest BCUT2D eigenvalue weighted by Crippen LogP contribution is -2.57. The molecule has 2 heterocycles. The standard InChI is InChI=1S/C11H19N3O2/c12-11(16)8-4-5-13-7-9(8)14-6-2-1-3-10(14)15/h8-9,13H,1-7H2,(H2,12,16). The number of hydrogen-bond donors (Lipinski definition) is 2. The first-order chi connectivity index (χ1) is 7.70. The summed E-state index contributed by atoms with van der Waals surface area (Å²) in [6.45, 7) is 2.28. The average Bonchev–Trinajstić information content (AvgIpc) is 2.29. The van der Waals surface area contributed by atoms with E-state index in [0.717, 1.165) is 32.4 Å². The van der Waals surface area contributed by atoms with Gasteiger partial charge in [-0.05, 0) is 25.8 Å². The second-order valence-corrected chi connectivity index (χ2v) is 4.61. The summed E-state index contributed by atoms with van der Waals surface area (Å²) in [5.74, 6) is -0.278. The quantitative estimate of drug-likeness (QED) is 0.663. The van der Waals surface area contributed by atoms with Gasteiger partial charge in [-0.3, -0.25) is 9.59 Å². The zero-order chi connectivity index (χ0) is 11.5. The number of carbonyl (C=O) groups excluding carboxylic acids is 2. The van der Waals surface area contributed by atoms with Gasteiger partial charge in [0.25, 0.3) is 0 Å². The number of primary amides is 1. The van der Waals surface area contributed by atoms with Gasteiger partial charge < -0.3 is 16.0 Å². The van der Waals surface area contributed by atoms with Crippen molar-refractivity contribution in [1.29, 1.82) is 0 Å². The Morgan fingerprint density at radius 3 is 2.94 bits per heavy atom. The summed E-state index contributed by atoms with van der Waals surface area (Å²) >= 11 is 0. The fourth-order valence-corrected chi connectivity index (χ4v) is 2.68. The molecule has 2 aliphatic heterocycles. The molecule has 0 aliphatic carbocycles. The fraction of sp³-hybridized carbons (Fsp3) is 0.818. The number of amides is 2. The SMILES string of the molecule is NC(=O)C1CCNCC1N1CCCCC1=O. The van der Waals surface area contributed by atoms with Crippen LogP contribution in [0.25, 0.3) is 0 Å². The molecule has 5 nitrogen and oxygen atoms in total. The number of carbonyl (C=O) groups is 2. The summed E-state index contributed by atoms with van der Waals surface area (Å²) in [5.41, 5.74) is 5.41. The Morgan fingerprint density at radius 1 is 1.44 bits per heavy atom. The molecule has 0 aromatic rings. The van der Waals surface area contributed by atoms with E-state index in [4.69, 9.17) is 5.73 Å². The van der Waals surface area contributed by atoms with Crippen LogP contribution in [0.4, 0.5) is 0 Å². The van der Waals surface area contributed by atoms with Crippen LogP contribution in [0.1, 0.15) is 25.7 Å². The minimum Gasteiger partial charge on any atom is -0.369 e. The molecule has 0 saturated carbocycles. The molecule has 0 bridgehead atoms. The molecule has 3 N–H and O–H groups in total. The zero-order valence-electron chi connectivity index (χ0n) is 9.45. The highest BCUT2D eigenvalue weighted by Gasteiger charge is 2.36. The summed E-state index contributed by atoms with van der Waals surface area (Å²) < 4.78 is 0. The third-order valence-electron chi connectivity index (χ3n) is 3.58. The van der Waals surface area contributed by atoms with Crippen LogP contribution in [0, 0.1) is 5.92 Å². The minimum atomic E-state index is -0.273. The third-order valence-corrected chi connectivity index (χ3v) is 3.58. The molecule has 2 unspecified atom stereocenters. The van der Waals surface area contributed by atoms with Crippen molar-refractivity contribution in [2.24, 2.45) is 11.7 Å². The van der Waals surface area contributed by atoms with Crippen LogP contribution >= 0.6 is 0 Å². The summed E-state index contributed by atoms with van der Waals surface area (Å²) in [7, 11) is 0. The first-order valence-corrected chi connectivity index (χ1v) is 5.99. The molecule has 0 aromatic heterocycles. The smallest absolute Gasteiger partial charge is 0.222 e. The van der Waals surface area contributed by atoms with E-state index in [9.17, 15) is 9.59 Å². The lowest BCUT2D eigenvalue weighted by atomic mass is 9.89. The van der Waals surface area contributed by atoms with Gasteiger partial charge in [-0.1, -0.05) is 0 Å². The summed E-state index contributed by atoms with van der Waals surface area (Å²) in [4.78, 5) is 25.0. The monoisotopic (exact) mass is 225 g/mol. The van der Waals surface area contributed by atoms with E-state index in [1.807, 2.05) is 4.90 Å². The third kappa shape index (κ3) is 2.19. The van der Waals surface area contributed by atoms with Gasteiger partial charge in [-0.25, -0.2) is 0 Å². The van der Waals surface area contributed by atoms with Gasteiger partial charge in [-0.2, -0.15) is 0 Å². The molecule has 90 valence electrons. The highest BCUT2D eigenvalue weighted by molar-refractivity contribution is 5.81. The van der Waals surface area contributed by atoms with E-state index >= 15 is 0 Å². The Hall–Kier alpha value is -1.10. The molecule has 0 radical (unpaired) electrons. The normalized spacial score (nSPS) is 31.5. The largest absolute Gasteiger partial charge is 0.369 e. The topological polar surface area (TPSA) is 75.4 Å². The van der Waals surface area contributed by atoms with E-state index in [2.05, 4.69) is 5.32 Å². The van der Waals surface area contributed by atoms with Crippen molar-refractivity contribution < 1.29 is 9.59 Å². The van der Waals surface area contributed by atoms with Crippen molar-refractivity contribution in [2.75, 3.05) is 19.6 Å². The molecule has 5 heteroatoms. The summed E-state index contributed by atoms with van der Waals surface area (Å²) in [5, 5.41) is 3.24. The Morgan fingerprint density at radius 2 is 2.25 bits per heavy atom. The molecule has 2 atom stereocenters. The number of likely N-dealkylation sites (tertiary alicyclic amines) is 1. The zero-order valence-corrected chi connectivity index (χ0v) is 9.45. The van der Waals surface area contributed by atoms with Crippen LogP contribution < -0.4 is 11.1 Å². The number of nitrogens with two attached hydrogens (primary N) is 1. The van der Waals surface area contributed by atoms with Crippen LogP contribution in [-0.4, -0.2) is 42.4 Å². The lowest BCUT2D eigenvalue weighted by Gasteiger charge is -2.40. The molecule has 0 spiro atoms. The molecule has 16 heavy (non-hydrogen) atoms. The van der Waals surface area contributed by atoms with Gasteiger partial charge in [0.2, 0.25) is 11.8 Å². The van der Waals surface area contributed by atoms with E-state index in [1.54, 1.807) is 0 Å². The van der Waals surface area contributed by atoms with Gasteiger partial charge in [0.15, 0.2) is 0 Å². The number of nitrogens with zero attached hydrogens (tertiary/aromatic N) is 1. The highest BCUT2D eigenvalue weighted by atomic mass is 16.2. The van der Waals surface area contributed by atoms with Crippen LogP contribution in [0.15, 0.2) is 0 Å². The first kappa shape index (κ1) is 11.4. The maximum absolute atomic E-state index is 11.8. The highest BCUT2D eigenvalue weighted by Crippen LogP contribution is 2.22. The molecule has 2 rings (SSSR count). The van der Waals surface area contributed by atoms with Crippen molar-refractivity contribution in [2.45, 2.75) is 31.7 Å². The maximum atomic E-state index is 11.8. The van der Waals surface area contributed by atoms with Crippen LogP contribution in [0.5, 0.6) is 0 Å². The number of hydrogen-bond acceptors (Lipinski definition) is 3. The van der Waals surface area contributed by atoms with Crippen molar-refractivity contribution in [3.05, 3.63) is 0 Å². The molecule has 2 saturated heterocycles. The Kier molecular flexibility index (Phi) is 3.43. The summed E-state index contributed by atoms with van der Waals surface area (Å²) in [6.07, 6.45) is 3.36. The number of rotatable bonds is 2. The molecular weight excluding hydrogens is 206 g/mol.